The number of hydrogen-bond donors (Lipinski definition) is 5. The zero-order valence-electron chi connectivity index (χ0n) is 15.2. The first-order valence-corrected chi connectivity index (χ1v) is 9.03. The van der Waals surface area contributed by atoms with Crippen LogP contribution in [0.3, 0.4) is 0 Å². The molecular weight excluding hydrogens is 380 g/mol. The van der Waals surface area contributed by atoms with Crippen molar-refractivity contribution in [1.82, 2.24) is 0 Å². The van der Waals surface area contributed by atoms with Gasteiger partial charge in [0, 0.05) is 28.7 Å². The molecule has 0 unspecified atom stereocenters. The van der Waals surface area contributed by atoms with Gasteiger partial charge in [-0.15, -0.1) is 0 Å². The first-order chi connectivity index (χ1) is 13.7. The lowest BCUT2D eigenvalue weighted by atomic mass is 9.72. The highest BCUT2D eigenvalue weighted by Gasteiger charge is 2.44. The number of benzene rings is 2. The van der Waals surface area contributed by atoms with Crippen LogP contribution in [0.25, 0.3) is 0 Å². The quantitative estimate of drug-likeness (QED) is 0.391. The van der Waals surface area contributed by atoms with Gasteiger partial charge in [0.05, 0.1) is 17.7 Å². The van der Waals surface area contributed by atoms with Crippen LogP contribution in [0.4, 0.5) is 0 Å². The van der Waals surface area contributed by atoms with Crippen molar-refractivity contribution in [1.29, 1.82) is 0 Å². The van der Waals surface area contributed by atoms with Crippen molar-refractivity contribution < 1.29 is 39.9 Å². The Bertz CT molecular complexity index is 1100. The largest absolute Gasteiger partial charge is 0.507 e. The van der Waals surface area contributed by atoms with Gasteiger partial charge in [-0.1, -0.05) is 18.2 Å². The van der Waals surface area contributed by atoms with Crippen LogP contribution >= 0.6 is 0 Å². The van der Waals surface area contributed by atoms with Crippen molar-refractivity contribution in [2.75, 3.05) is 6.61 Å². The predicted octanol–water partition coefficient (Wildman–Crippen LogP) is 0.147. The van der Waals surface area contributed by atoms with Crippen LogP contribution in [-0.2, 0) is 24.2 Å². The van der Waals surface area contributed by atoms with Crippen molar-refractivity contribution in [3.63, 3.8) is 0 Å². The van der Waals surface area contributed by atoms with Crippen LogP contribution in [0.2, 0.25) is 0 Å². The van der Waals surface area contributed by atoms with Gasteiger partial charge in [0.15, 0.2) is 17.3 Å². The molecule has 0 spiro atoms. The second-order valence-corrected chi connectivity index (χ2v) is 7.35. The molecule has 5 N–H and O–H groups in total. The normalized spacial score (nSPS) is 20.1. The van der Waals surface area contributed by atoms with E-state index in [1.54, 1.807) is 0 Å². The Hall–Kier alpha value is -3.07. The molecule has 2 aliphatic carbocycles. The molecule has 2 aromatic rings. The molecule has 0 saturated carbocycles. The van der Waals surface area contributed by atoms with Crippen molar-refractivity contribution in [3.8, 4) is 11.5 Å². The molecule has 8 nitrogen and oxygen atoms in total. The van der Waals surface area contributed by atoms with Gasteiger partial charge in [0.2, 0.25) is 0 Å². The van der Waals surface area contributed by atoms with Gasteiger partial charge in [-0.05, 0) is 18.4 Å². The van der Waals surface area contributed by atoms with Crippen LogP contribution in [0.1, 0.15) is 55.0 Å². The second-order valence-electron chi connectivity index (χ2n) is 7.35. The van der Waals surface area contributed by atoms with E-state index in [0.717, 1.165) is 0 Å². The number of carbonyl (C=O) groups is 3. The maximum Gasteiger partial charge on any atom is 0.198 e. The SMILES string of the molecule is O=C1c2cccc(CO)c2C(=O)c2c(O)c3c(c(O)c21)C[C@@](O)(C(=O)CO)CC3. The van der Waals surface area contributed by atoms with E-state index in [9.17, 15) is 34.8 Å². The third-order valence-electron chi connectivity index (χ3n) is 5.83. The van der Waals surface area contributed by atoms with E-state index in [1.165, 1.54) is 18.2 Å². The number of aliphatic hydroxyl groups excluding tert-OH is 2. The van der Waals surface area contributed by atoms with Gasteiger partial charge < -0.3 is 25.5 Å². The summed E-state index contributed by atoms with van der Waals surface area (Å²) in [6, 6.07) is 4.37. The number of Topliss-reactive ketones (excluding diaryl/α,β-unsaturated/α-hetero) is 1. The average Bonchev–Trinajstić information content (AvgIpc) is 2.73. The number of fused-ring (bicyclic) bond motifs is 3. The molecule has 4 rings (SSSR count). The average molecular weight is 398 g/mol. The van der Waals surface area contributed by atoms with E-state index in [-0.39, 0.29) is 46.2 Å². The molecule has 1 atom stereocenters. The maximum atomic E-state index is 13.1. The highest BCUT2D eigenvalue weighted by molar-refractivity contribution is 6.31. The molecule has 0 aromatic heterocycles. The minimum atomic E-state index is -1.94. The highest BCUT2D eigenvalue weighted by atomic mass is 16.3. The first kappa shape index (κ1) is 19.3. The summed E-state index contributed by atoms with van der Waals surface area (Å²) >= 11 is 0. The second kappa shape index (κ2) is 6.48. The Morgan fingerprint density at radius 2 is 1.62 bits per heavy atom. The van der Waals surface area contributed by atoms with Gasteiger partial charge in [0.25, 0.3) is 0 Å². The fraction of sp³-hybridized carbons (Fsp3) is 0.286. The minimum Gasteiger partial charge on any atom is -0.507 e. The predicted molar refractivity (Wildman–Crippen MR) is 98.1 cm³/mol. The molecule has 29 heavy (non-hydrogen) atoms. The third kappa shape index (κ3) is 2.53. The summed E-state index contributed by atoms with van der Waals surface area (Å²) in [5.74, 6) is -3.29. The number of carbonyl (C=O) groups excluding carboxylic acids is 3. The van der Waals surface area contributed by atoms with E-state index in [4.69, 9.17) is 5.11 Å². The molecule has 0 radical (unpaired) electrons. The smallest absolute Gasteiger partial charge is 0.198 e. The van der Waals surface area contributed by atoms with Gasteiger partial charge in [-0.3, -0.25) is 14.4 Å². The number of aromatic hydroxyl groups is 2. The number of rotatable bonds is 3. The summed E-state index contributed by atoms with van der Waals surface area (Å²) in [5, 5.41) is 50.8. The van der Waals surface area contributed by atoms with Gasteiger partial charge in [-0.25, -0.2) is 0 Å². The summed E-state index contributed by atoms with van der Waals surface area (Å²) in [4.78, 5) is 38.1. The number of hydrogen-bond acceptors (Lipinski definition) is 8. The molecule has 0 aliphatic heterocycles. The molecule has 0 bridgehead atoms. The Morgan fingerprint density at radius 1 is 0.966 bits per heavy atom. The molecule has 150 valence electrons. The van der Waals surface area contributed by atoms with Crippen LogP contribution < -0.4 is 0 Å². The third-order valence-corrected chi connectivity index (χ3v) is 5.83. The fourth-order valence-corrected chi connectivity index (χ4v) is 4.27. The monoisotopic (exact) mass is 398 g/mol. The molecular formula is C21H18O8. The number of ketones is 3. The Balaban J connectivity index is 1.97. The summed E-state index contributed by atoms with van der Waals surface area (Å²) in [7, 11) is 0. The van der Waals surface area contributed by atoms with E-state index >= 15 is 0 Å². The van der Waals surface area contributed by atoms with Crippen molar-refractivity contribution >= 4 is 17.3 Å². The summed E-state index contributed by atoms with van der Waals surface area (Å²) in [6.07, 6.45) is -0.564. The Kier molecular flexibility index (Phi) is 4.30. The minimum absolute atomic E-state index is 0.000266. The first-order valence-electron chi connectivity index (χ1n) is 9.03. The van der Waals surface area contributed by atoms with Crippen LogP contribution in [0, 0.1) is 0 Å². The topological polar surface area (TPSA) is 152 Å². The van der Waals surface area contributed by atoms with E-state index in [0.29, 0.717) is 0 Å². The molecule has 2 aromatic carbocycles. The molecule has 0 fully saturated rings. The van der Waals surface area contributed by atoms with Crippen molar-refractivity contribution in [2.45, 2.75) is 31.5 Å². The van der Waals surface area contributed by atoms with E-state index in [1.807, 2.05) is 0 Å². The summed E-state index contributed by atoms with van der Waals surface area (Å²) < 4.78 is 0. The molecule has 8 heteroatoms. The zero-order valence-corrected chi connectivity index (χ0v) is 15.2. The summed E-state index contributed by atoms with van der Waals surface area (Å²) in [5.41, 5.74) is -2.32. The molecule has 0 heterocycles. The molecule has 0 saturated heterocycles. The van der Waals surface area contributed by atoms with Crippen molar-refractivity contribution in [3.05, 3.63) is 57.1 Å². The molecule has 0 amide bonds. The van der Waals surface area contributed by atoms with Gasteiger partial charge in [0.1, 0.15) is 23.7 Å². The van der Waals surface area contributed by atoms with E-state index < -0.39 is 59.6 Å². The van der Waals surface area contributed by atoms with Crippen LogP contribution in [0.15, 0.2) is 18.2 Å². The van der Waals surface area contributed by atoms with Gasteiger partial charge in [-0.2, -0.15) is 0 Å². The van der Waals surface area contributed by atoms with Crippen LogP contribution in [-0.4, -0.2) is 55.1 Å². The lowest BCUT2D eigenvalue weighted by Crippen LogP contribution is -2.45. The lowest BCUT2D eigenvalue weighted by molar-refractivity contribution is -0.141. The van der Waals surface area contributed by atoms with Crippen molar-refractivity contribution in [2.24, 2.45) is 0 Å². The Labute approximate surface area is 164 Å². The number of phenolic OH excluding ortho intramolecular Hbond substituents is 2. The number of phenols is 2. The van der Waals surface area contributed by atoms with Gasteiger partial charge >= 0.3 is 0 Å². The summed E-state index contributed by atoms with van der Waals surface area (Å²) in [6.45, 7) is -1.37. The van der Waals surface area contributed by atoms with Crippen LogP contribution in [0.5, 0.6) is 11.5 Å². The van der Waals surface area contributed by atoms with E-state index in [2.05, 4.69) is 0 Å². The fourth-order valence-electron chi connectivity index (χ4n) is 4.27. The Morgan fingerprint density at radius 3 is 2.28 bits per heavy atom. The lowest BCUT2D eigenvalue weighted by Gasteiger charge is -2.34. The highest BCUT2D eigenvalue weighted by Crippen LogP contribution is 2.47. The molecule has 2 aliphatic rings. The zero-order chi connectivity index (χ0) is 21.1. The standard InChI is InChI=1S/C21H18O8/c22-7-9-2-1-3-11-14(9)20(28)16-15(18(11)26)19(27)12-6-21(29,13(24)8-23)5-4-10(12)17(16)25/h1-3,22-23,25,27,29H,4-8H2/t21-/m1/s1. The maximum absolute atomic E-state index is 13.1. The number of aliphatic hydroxyl groups is 3.